The summed E-state index contributed by atoms with van der Waals surface area (Å²) in [5.41, 5.74) is 0.542. The van der Waals surface area contributed by atoms with E-state index in [9.17, 15) is 22.8 Å². The zero-order valence-corrected chi connectivity index (χ0v) is 21.7. The van der Waals surface area contributed by atoms with Crippen LogP contribution in [-0.4, -0.2) is 62.4 Å². The number of hydrogen-bond acceptors (Lipinski definition) is 7. The van der Waals surface area contributed by atoms with Crippen LogP contribution in [0.5, 0.6) is 0 Å². The van der Waals surface area contributed by atoms with Gasteiger partial charge in [0.2, 0.25) is 15.9 Å². The van der Waals surface area contributed by atoms with Crippen LogP contribution < -0.4 is 4.90 Å². The minimum atomic E-state index is -4.16. The van der Waals surface area contributed by atoms with Crippen LogP contribution in [-0.2, 0) is 29.1 Å². The predicted octanol–water partition coefficient (Wildman–Crippen LogP) is 3.52. The van der Waals surface area contributed by atoms with Gasteiger partial charge in [0.1, 0.15) is 6.04 Å². The van der Waals surface area contributed by atoms with Crippen LogP contribution in [0.4, 0.5) is 5.69 Å². The molecule has 0 saturated carbocycles. The highest BCUT2D eigenvalue weighted by molar-refractivity contribution is 7.89. The van der Waals surface area contributed by atoms with Crippen LogP contribution in [0.3, 0.4) is 0 Å². The van der Waals surface area contributed by atoms with Gasteiger partial charge in [-0.15, -0.1) is 0 Å². The Balaban J connectivity index is 1.47. The molecule has 2 saturated heterocycles. The number of fused-ring (bicyclic) bond motifs is 1. The first-order chi connectivity index (χ1) is 18.3. The first-order valence-electron chi connectivity index (χ1n) is 12.6. The van der Waals surface area contributed by atoms with E-state index in [1.165, 1.54) is 30.3 Å². The molecule has 2 amide bonds. The van der Waals surface area contributed by atoms with Crippen LogP contribution in [0.15, 0.2) is 71.6 Å². The summed E-state index contributed by atoms with van der Waals surface area (Å²) in [5.74, 6) is -1.67. The van der Waals surface area contributed by atoms with Crippen molar-refractivity contribution in [1.82, 2.24) is 4.31 Å². The van der Waals surface area contributed by atoms with Gasteiger partial charge in [-0.25, -0.2) is 18.1 Å². The maximum Gasteiger partial charge on any atom is 0.338 e. The predicted molar refractivity (Wildman–Crippen MR) is 140 cm³/mol. The van der Waals surface area contributed by atoms with Crippen molar-refractivity contribution in [3.8, 4) is 0 Å². The molecule has 2 fully saturated rings. The molecular formula is C28H28N2O7S. The molecule has 0 radical (unpaired) electrons. The highest BCUT2D eigenvalue weighted by atomic mass is 32.2. The van der Waals surface area contributed by atoms with Gasteiger partial charge in [-0.3, -0.25) is 9.59 Å². The molecule has 3 aromatic carbocycles. The minimum Gasteiger partial charge on any atom is -0.462 e. The lowest BCUT2D eigenvalue weighted by Crippen LogP contribution is -2.48. The fourth-order valence-electron chi connectivity index (χ4n) is 4.92. The molecule has 2 atom stereocenters. The van der Waals surface area contributed by atoms with Crippen molar-refractivity contribution in [2.45, 2.75) is 43.2 Å². The van der Waals surface area contributed by atoms with Crippen LogP contribution in [0.25, 0.3) is 10.8 Å². The Bertz CT molecular complexity index is 1480. The number of amides is 2. The van der Waals surface area contributed by atoms with Crippen LogP contribution in [0.2, 0.25) is 0 Å². The topological polar surface area (TPSA) is 110 Å². The SMILES string of the molecule is CCOC(=O)c1ccc(N2C(=O)CC(N(CC3CCCO3)S(=O)(=O)c3ccc4ccccc4c3)C2=O)cc1. The Morgan fingerprint density at radius 2 is 1.79 bits per heavy atom. The quantitative estimate of drug-likeness (QED) is 0.320. The van der Waals surface area contributed by atoms with Gasteiger partial charge < -0.3 is 9.47 Å². The lowest BCUT2D eigenvalue weighted by molar-refractivity contribution is -0.122. The van der Waals surface area contributed by atoms with E-state index >= 15 is 0 Å². The highest BCUT2D eigenvalue weighted by Crippen LogP contribution is 2.32. The molecule has 2 aliphatic rings. The van der Waals surface area contributed by atoms with E-state index in [1.807, 2.05) is 24.3 Å². The van der Waals surface area contributed by atoms with E-state index in [4.69, 9.17) is 9.47 Å². The molecule has 0 aromatic heterocycles. The first-order valence-corrected chi connectivity index (χ1v) is 14.0. The summed E-state index contributed by atoms with van der Waals surface area (Å²) in [7, 11) is -4.16. The third-order valence-electron chi connectivity index (χ3n) is 6.84. The Morgan fingerprint density at radius 3 is 2.47 bits per heavy atom. The number of imide groups is 1. The lowest BCUT2D eigenvalue weighted by Gasteiger charge is -2.29. The van der Waals surface area contributed by atoms with Crippen molar-refractivity contribution in [1.29, 1.82) is 0 Å². The minimum absolute atomic E-state index is 0.0333. The first kappa shape index (κ1) is 26.0. The second kappa shape index (κ2) is 10.6. The summed E-state index contributed by atoms with van der Waals surface area (Å²) in [6.45, 7) is 2.40. The van der Waals surface area contributed by atoms with E-state index in [0.29, 0.717) is 13.0 Å². The summed E-state index contributed by atoms with van der Waals surface area (Å²) in [4.78, 5) is 39.7. The molecule has 0 N–H and O–H groups in total. The van der Waals surface area contributed by atoms with Crippen LogP contribution in [0.1, 0.15) is 36.5 Å². The van der Waals surface area contributed by atoms with Crippen LogP contribution >= 0.6 is 0 Å². The number of sulfonamides is 1. The number of esters is 1. The molecule has 198 valence electrons. The number of hydrogen-bond donors (Lipinski definition) is 0. The molecule has 0 spiro atoms. The lowest BCUT2D eigenvalue weighted by atomic mass is 10.1. The van der Waals surface area contributed by atoms with Crippen molar-refractivity contribution in [2.75, 3.05) is 24.7 Å². The summed E-state index contributed by atoms with van der Waals surface area (Å²) in [6, 6.07) is 16.9. The molecule has 2 heterocycles. The smallest absolute Gasteiger partial charge is 0.338 e. The van der Waals surface area contributed by atoms with E-state index < -0.39 is 33.8 Å². The maximum absolute atomic E-state index is 14.0. The summed E-state index contributed by atoms with van der Waals surface area (Å²) >= 11 is 0. The maximum atomic E-state index is 14.0. The van der Waals surface area contributed by atoms with Gasteiger partial charge >= 0.3 is 5.97 Å². The second-order valence-corrected chi connectivity index (χ2v) is 11.2. The standard InChI is InChI=1S/C28H28N2O7S/c1-2-36-28(33)20-9-12-22(13-10-20)30-26(31)17-25(27(30)32)29(18-23-8-5-15-37-23)38(34,35)24-14-11-19-6-3-4-7-21(19)16-24/h3-4,6-7,9-14,16,23,25H,2,5,8,15,17-18H2,1H3. The van der Waals surface area contributed by atoms with E-state index in [0.717, 1.165) is 26.4 Å². The van der Waals surface area contributed by atoms with E-state index in [-0.39, 0.29) is 41.8 Å². The molecule has 2 aliphatic heterocycles. The Labute approximate surface area is 221 Å². The molecule has 9 nitrogen and oxygen atoms in total. The van der Waals surface area contributed by atoms with Gasteiger partial charge in [-0.2, -0.15) is 4.31 Å². The molecule has 3 aromatic rings. The van der Waals surface area contributed by atoms with Crippen molar-refractivity contribution in [3.05, 3.63) is 72.3 Å². The third kappa shape index (κ3) is 4.94. The molecule has 2 unspecified atom stereocenters. The van der Waals surface area contributed by atoms with Crippen molar-refractivity contribution < 1.29 is 32.3 Å². The molecule has 0 aliphatic carbocycles. The molecule has 0 bridgehead atoms. The largest absolute Gasteiger partial charge is 0.462 e. The number of rotatable bonds is 8. The van der Waals surface area contributed by atoms with Gasteiger partial charge in [0, 0.05) is 13.2 Å². The molecule has 5 rings (SSSR count). The van der Waals surface area contributed by atoms with Gasteiger partial charge in [-0.05, 0) is 66.9 Å². The number of carbonyl (C=O) groups excluding carboxylic acids is 3. The van der Waals surface area contributed by atoms with E-state index in [1.54, 1.807) is 19.1 Å². The average molecular weight is 537 g/mol. The Morgan fingerprint density at radius 1 is 1.05 bits per heavy atom. The summed E-state index contributed by atoms with van der Waals surface area (Å²) < 4.78 is 39.7. The van der Waals surface area contributed by atoms with Crippen LogP contribution in [0, 0.1) is 0 Å². The number of anilines is 1. The number of ether oxygens (including phenoxy) is 2. The van der Waals surface area contributed by atoms with Crippen molar-refractivity contribution >= 4 is 44.3 Å². The fraction of sp³-hybridized carbons (Fsp3) is 0.321. The van der Waals surface area contributed by atoms with Gasteiger partial charge in [-0.1, -0.05) is 30.3 Å². The normalized spacial score (nSPS) is 20.0. The number of carbonyl (C=O) groups is 3. The Kier molecular flexibility index (Phi) is 7.29. The van der Waals surface area contributed by atoms with Crippen molar-refractivity contribution in [2.24, 2.45) is 0 Å². The zero-order valence-electron chi connectivity index (χ0n) is 20.9. The third-order valence-corrected chi connectivity index (χ3v) is 8.71. The second-order valence-electron chi connectivity index (χ2n) is 9.27. The number of nitrogens with zero attached hydrogens (tertiary/aromatic N) is 2. The fourth-order valence-corrected chi connectivity index (χ4v) is 6.57. The summed E-state index contributed by atoms with van der Waals surface area (Å²) in [5, 5.41) is 1.64. The monoisotopic (exact) mass is 536 g/mol. The molecule has 38 heavy (non-hydrogen) atoms. The highest BCUT2D eigenvalue weighted by Gasteiger charge is 2.47. The average Bonchev–Trinajstić information content (AvgIpc) is 3.54. The Hall–Kier alpha value is -3.60. The van der Waals surface area contributed by atoms with E-state index in [2.05, 4.69) is 0 Å². The molecule has 10 heteroatoms. The van der Waals surface area contributed by atoms with Gasteiger partial charge in [0.05, 0.1) is 35.3 Å². The van der Waals surface area contributed by atoms with Gasteiger partial charge in [0.15, 0.2) is 0 Å². The zero-order chi connectivity index (χ0) is 26.9. The van der Waals surface area contributed by atoms with Gasteiger partial charge in [0.25, 0.3) is 5.91 Å². The summed E-state index contributed by atoms with van der Waals surface area (Å²) in [6.07, 6.45) is 0.798. The number of benzene rings is 3. The van der Waals surface area contributed by atoms with Crippen molar-refractivity contribution in [3.63, 3.8) is 0 Å². The molecular weight excluding hydrogens is 508 g/mol.